The van der Waals surface area contributed by atoms with Crippen LogP contribution in [0, 0.1) is 0 Å². The van der Waals surface area contributed by atoms with Crippen LogP contribution in [0.5, 0.6) is 0 Å². The largest absolute Gasteiger partial charge is 0.418 e. The summed E-state index contributed by atoms with van der Waals surface area (Å²) in [6, 6.07) is 9.97. The van der Waals surface area contributed by atoms with E-state index in [4.69, 9.17) is 0 Å². The highest BCUT2D eigenvalue weighted by molar-refractivity contribution is 8.14. The van der Waals surface area contributed by atoms with Crippen LogP contribution in [-0.2, 0) is 17.5 Å². The maximum Gasteiger partial charge on any atom is 0.418 e. The van der Waals surface area contributed by atoms with Gasteiger partial charge in [-0.15, -0.1) is 11.8 Å². The van der Waals surface area contributed by atoms with Crippen LogP contribution < -0.4 is 5.32 Å². The van der Waals surface area contributed by atoms with E-state index in [0.29, 0.717) is 10.5 Å². The molecule has 1 fully saturated rings. The van der Waals surface area contributed by atoms with Crippen molar-refractivity contribution in [3.63, 3.8) is 0 Å². The van der Waals surface area contributed by atoms with Gasteiger partial charge in [-0.25, -0.2) is 0 Å². The van der Waals surface area contributed by atoms with E-state index in [1.807, 2.05) is 13.8 Å². The summed E-state index contributed by atoms with van der Waals surface area (Å²) in [5.74, 6) is -0.960. The van der Waals surface area contributed by atoms with Crippen LogP contribution in [0.1, 0.15) is 41.8 Å². The Morgan fingerprint density at radius 2 is 1.97 bits per heavy atom. The van der Waals surface area contributed by atoms with Crippen LogP contribution in [0.3, 0.4) is 0 Å². The Hall–Kier alpha value is -2.46. The summed E-state index contributed by atoms with van der Waals surface area (Å²) < 4.78 is 40.9. The van der Waals surface area contributed by atoms with Crippen molar-refractivity contribution < 1.29 is 27.6 Å². The number of nitrogens with one attached hydrogen (secondary N) is 1. The Morgan fingerprint density at radius 3 is 2.59 bits per heavy atom. The van der Waals surface area contributed by atoms with Crippen LogP contribution in [0.15, 0.2) is 47.4 Å². The van der Waals surface area contributed by atoms with Crippen molar-refractivity contribution in [2.45, 2.75) is 43.1 Å². The highest BCUT2D eigenvalue weighted by atomic mass is 32.2. The normalized spacial score (nSPS) is 15.2. The predicted molar refractivity (Wildman–Crippen MR) is 120 cm³/mol. The Bertz CT molecular complexity index is 1030. The number of halogens is 3. The molecule has 1 unspecified atom stereocenters. The number of rotatable bonds is 7. The number of benzene rings is 2. The fraction of sp³-hybridized carbons (Fsp3) is 0.318. The molecule has 1 heterocycles. The van der Waals surface area contributed by atoms with E-state index in [-0.39, 0.29) is 39.9 Å². The number of carbonyl (C=O) groups excluding carboxylic acids is 3. The van der Waals surface area contributed by atoms with E-state index in [1.165, 1.54) is 30.0 Å². The third-order valence-electron chi connectivity index (χ3n) is 4.83. The fourth-order valence-corrected chi connectivity index (χ4v) is 4.67. The summed E-state index contributed by atoms with van der Waals surface area (Å²) in [6.07, 6.45) is -3.82. The summed E-state index contributed by atoms with van der Waals surface area (Å²) in [6.45, 7) is 3.89. The molecule has 1 atom stereocenters. The van der Waals surface area contributed by atoms with Gasteiger partial charge < -0.3 is 5.32 Å². The molecule has 3 amide bonds. The molecule has 2 aromatic rings. The van der Waals surface area contributed by atoms with Gasteiger partial charge in [0.15, 0.2) is 0 Å². The van der Waals surface area contributed by atoms with Gasteiger partial charge in [-0.2, -0.15) is 13.2 Å². The second-order valence-electron chi connectivity index (χ2n) is 7.23. The number of hydrogen-bond acceptors (Lipinski definition) is 5. The molecule has 0 aromatic heterocycles. The molecule has 0 radical (unpaired) electrons. The minimum absolute atomic E-state index is 0.00111. The Balaban J connectivity index is 1.80. The van der Waals surface area contributed by atoms with Crippen LogP contribution >= 0.6 is 23.5 Å². The number of imide groups is 1. The lowest BCUT2D eigenvalue weighted by atomic mass is 10.1. The Morgan fingerprint density at radius 1 is 1.22 bits per heavy atom. The number of anilines is 1. The van der Waals surface area contributed by atoms with Crippen molar-refractivity contribution >= 4 is 46.3 Å². The van der Waals surface area contributed by atoms with Gasteiger partial charge in [0.05, 0.1) is 23.5 Å². The maximum atomic E-state index is 13.6. The lowest BCUT2D eigenvalue weighted by molar-refractivity contribution is -0.137. The molecule has 1 aliphatic heterocycles. The van der Waals surface area contributed by atoms with Gasteiger partial charge in [-0.3, -0.25) is 19.3 Å². The zero-order valence-corrected chi connectivity index (χ0v) is 19.0. The molecule has 2 aromatic carbocycles. The van der Waals surface area contributed by atoms with Crippen molar-refractivity contribution in [2.24, 2.45) is 0 Å². The highest BCUT2D eigenvalue weighted by Crippen LogP contribution is 2.38. The van der Waals surface area contributed by atoms with Crippen molar-refractivity contribution in [3.8, 4) is 0 Å². The molecule has 1 saturated heterocycles. The molecule has 5 nitrogen and oxygen atoms in total. The van der Waals surface area contributed by atoms with E-state index in [9.17, 15) is 27.6 Å². The summed E-state index contributed by atoms with van der Waals surface area (Å²) in [4.78, 5) is 37.8. The molecular weight excluding hydrogens is 461 g/mol. The second-order valence-corrected chi connectivity index (χ2v) is 9.67. The first-order valence-corrected chi connectivity index (χ1v) is 11.7. The van der Waals surface area contributed by atoms with Gasteiger partial charge in [-0.1, -0.05) is 37.7 Å². The van der Waals surface area contributed by atoms with Gasteiger partial charge in [-0.05, 0) is 42.3 Å². The standard InChI is InChI=1S/C22H21F3N2O3S2/c1-3-13(2)32-16-7-8-18(17(10-16)22(23,24)25)26-20(29)15-6-4-5-14(9-15)11-27-19(28)12-31-21(27)30/h4-10,13H,3,11-12H2,1-2H3,(H,26,29). The molecule has 32 heavy (non-hydrogen) atoms. The van der Waals surface area contributed by atoms with Gasteiger partial charge in [0.1, 0.15) is 0 Å². The Kier molecular flexibility index (Phi) is 7.55. The van der Waals surface area contributed by atoms with Gasteiger partial charge in [0, 0.05) is 15.7 Å². The molecule has 0 aliphatic carbocycles. The van der Waals surface area contributed by atoms with Crippen molar-refractivity contribution in [1.29, 1.82) is 0 Å². The molecule has 1 N–H and O–H groups in total. The molecule has 0 bridgehead atoms. The summed E-state index contributed by atoms with van der Waals surface area (Å²) in [5.41, 5.74) is -0.595. The molecule has 10 heteroatoms. The molecule has 3 rings (SSSR count). The van der Waals surface area contributed by atoms with E-state index >= 15 is 0 Å². The lowest BCUT2D eigenvalue weighted by Gasteiger charge is -2.17. The molecule has 170 valence electrons. The van der Waals surface area contributed by atoms with E-state index in [1.54, 1.807) is 18.2 Å². The van der Waals surface area contributed by atoms with Crippen LogP contribution in [-0.4, -0.2) is 33.0 Å². The first-order chi connectivity index (χ1) is 15.1. The van der Waals surface area contributed by atoms with Crippen LogP contribution in [0.25, 0.3) is 0 Å². The average Bonchev–Trinajstić information content (AvgIpc) is 3.06. The molecule has 0 saturated carbocycles. The number of carbonyl (C=O) groups is 3. The van der Waals surface area contributed by atoms with E-state index < -0.39 is 17.6 Å². The van der Waals surface area contributed by atoms with E-state index in [0.717, 1.165) is 29.1 Å². The van der Waals surface area contributed by atoms with Gasteiger partial charge in [0.2, 0.25) is 5.91 Å². The van der Waals surface area contributed by atoms with E-state index in [2.05, 4.69) is 5.32 Å². The Labute approximate surface area is 192 Å². The SMILES string of the molecule is CCC(C)Sc1ccc(NC(=O)c2cccc(CN3C(=O)CSC3=O)c2)c(C(F)(F)F)c1. The lowest BCUT2D eigenvalue weighted by Crippen LogP contribution is -2.28. The summed E-state index contributed by atoms with van der Waals surface area (Å²) >= 11 is 2.25. The minimum Gasteiger partial charge on any atom is -0.321 e. The van der Waals surface area contributed by atoms with Crippen molar-refractivity contribution in [3.05, 3.63) is 59.2 Å². The summed E-state index contributed by atoms with van der Waals surface area (Å²) in [5, 5.41) is 2.14. The average molecular weight is 483 g/mol. The van der Waals surface area contributed by atoms with Gasteiger partial charge >= 0.3 is 6.18 Å². The molecule has 1 aliphatic rings. The third kappa shape index (κ3) is 5.86. The smallest absolute Gasteiger partial charge is 0.321 e. The molecular formula is C22H21F3N2O3S2. The monoisotopic (exact) mass is 482 g/mol. The number of alkyl halides is 3. The highest BCUT2D eigenvalue weighted by Gasteiger charge is 2.34. The first kappa shape index (κ1) is 24.2. The maximum absolute atomic E-state index is 13.6. The zero-order valence-electron chi connectivity index (χ0n) is 17.4. The van der Waals surface area contributed by atoms with Crippen molar-refractivity contribution in [1.82, 2.24) is 4.90 Å². The quantitative estimate of drug-likeness (QED) is 0.487. The second kappa shape index (κ2) is 9.99. The molecule has 0 spiro atoms. The summed E-state index contributed by atoms with van der Waals surface area (Å²) in [7, 11) is 0. The third-order valence-corrected chi connectivity index (χ3v) is 6.95. The number of nitrogens with zero attached hydrogens (tertiary/aromatic N) is 1. The predicted octanol–water partition coefficient (Wildman–Crippen LogP) is 6.04. The topological polar surface area (TPSA) is 66.5 Å². The van der Waals surface area contributed by atoms with Crippen molar-refractivity contribution in [2.75, 3.05) is 11.1 Å². The number of hydrogen-bond donors (Lipinski definition) is 1. The first-order valence-electron chi connectivity index (χ1n) is 9.83. The van der Waals surface area contributed by atoms with Crippen LogP contribution in [0.4, 0.5) is 23.7 Å². The number of thioether (sulfide) groups is 2. The van der Waals surface area contributed by atoms with Crippen LogP contribution in [0.2, 0.25) is 0 Å². The number of amides is 3. The van der Waals surface area contributed by atoms with Gasteiger partial charge in [0.25, 0.3) is 11.1 Å². The zero-order chi connectivity index (χ0) is 23.5. The minimum atomic E-state index is -4.63. The fourth-order valence-electron chi connectivity index (χ4n) is 2.98.